The van der Waals surface area contributed by atoms with E-state index < -0.39 is 21.7 Å². The minimum Gasteiger partial charge on any atom is -0.480 e. The van der Waals surface area contributed by atoms with Crippen molar-refractivity contribution in [2.24, 2.45) is 5.92 Å². The maximum atomic E-state index is 11.0. The highest BCUT2D eigenvalue weighted by Gasteiger charge is 2.20. The van der Waals surface area contributed by atoms with Crippen LogP contribution in [-0.4, -0.2) is 31.8 Å². The molecular formula is C8H15NO4S. The molecule has 5 nitrogen and oxygen atoms in total. The molecule has 0 saturated heterocycles. The largest absolute Gasteiger partial charge is 0.480 e. The fraction of sp³-hybridized carbons (Fsp3) is 0.875. The Balaban J connectivity index is 2.11. The maximum Gasteiger partial charge on any atom is 0.320 e. The van der Waals surface area contributed by atoms with Crippen molar-refractivity contribution in [3.63, 3.8) is 0 Å². The lowest BCUT2D eigenvalue weighted by Crippen LogP contribution is -2.30. The number of nitrogens with one attached hydrogen (secondary N) is 1. The third-order valence-corrected chi connectivity index (χ3v) is 3.39. The molecular weight excluding hydrogens is 206 g/mol. The standard InChI is InChI=1S/C8H15NO4S/c10-8(11)6-14(12,13)9-5-1-2-7-3-4-7/h7,9H,1-6H2,(H,10,11). The number of carbonyl (C=O) groups is 1. The number of hydrogen-bond acceptors (Lipinski definition) is 3. The molecule has 0 aromatic heterocycles. The van der Waals surface area contributed by atoms with Gasteiger partial charge in [-0.2, -0.15) is 0 Å². The molecule has 0 aromatic rings. The average molecular weight is 221 g/mol. The van der Waals surface area contributed by atoms with Gasteiger partial charge in [0.25, 0.3) is 0 Å². The van der Waals surface area contributed by atoms with Crippen molar-refractivity contribution in [3.8, 4) is 0 Å². The lowest BCUT2D eigenvalue weighted by Gasteiger charge is -2.03. The molecule has 0 amide bonds. The molecule has 0 bridgehead atoms. The third kappa shape index (κ3) is 5.18. The van der Waals surface area contributed by atoms with E-state index in [0.717, 1.165) is 18.8 Å². The Hall–Kier alpha value is -0.620. The molecule has 82 valence electrons. The number of sulfonamides is 1. The highest BCUT2D eigenvalue weighted by molar-refractivity contribution is 7.90. The first-order valence-electron chi connectivity index (χ1n) is 4.69. The predicted octanol–water partition coefficient (Wildman–Crippen LogP) is 0.181. The van der Waals surface area contributed by atoms with Crippen LogP contribution in [0.4, 0.5) is 0 Å². The molecule has 1 fully saturated rings. The fourth-order valence-electron chi connectivity index (χ4n) is 1.24. The van der Waals surface area contributed by atoms with Crippen molar-refractivity contribution < 1.29 is 18.3 Å². The van der Waals surface area contributed by atoms with E-state index in [9.17, 15) is 13.2 Å². The number of hydrogen-bond donors (Lipinski definition) is 2. The fourth-order valence-corrected chi connectivity index (χ4v) is 2.12. The predicted molar refractivity (Wildman–Crippen MR) is 51.4 cm³/mol. The zero-order valence-corrected chi connectivity index (χ0v) is 8.72. The van der Waals surface area contributed by atoms with Gasteiger partial charge in [-0.25, -0.2) is 13.1 Å². The van der Waals surface area contributed by atoms with E-state index >= 15 is 0 Å². The van der Waals surface area contributed by atoms with Crippen LogP contribution >= 0.6 is 0 Å². The van der Waals surface area contributed by atoms with E-state index in [1.165, 1.54) is 12.8 Å². The van der Waals surface area contributed by atoms with Gasteiger partial charge in [-0.15, -0.1) is 0 Å². The first-order chi connectivity index (χ1) is 6.49. The molecule has 0 aliphatic heterocycles. The minimum atomic E-state index is -3.61. The van der Waals surface area contributed by atoms with Gasteiger partial charge < -0.3 is 5.11 Å². The van der Waals surface area contributed by atoms with E-state index in [1.807, 2.05) is 0 Å². The van der Waals surface area contributed by atoms with Crippen LogP contribution in [0.5, 0.6) is 0 Å². The Morgan fingerprint density at radius 3 is 2.57 bits per heavy atom. The molecule has 1 saturated carbocycles. The molecule has 0 radical (unpaired) electrons. The number of carboxylic acids is 1. The molecule has 14 heavy (non-hydrogen) atoms. The monoisotopic (exact) mass is 221 g/mol. The van der Waals surface area contributed by atoms with Gasteiger partial charge in [0.05, 0.1) is 0 Å². The van der Waals surface area contributed by atoms with Crippen LogP contribution in [0.15, 0.2) is 0 Å². The number of rotatable bonds is 7. The van der Waals surface area contributed by atoms with Crippen LogP contribution in [0.25, 0.3) is 0 Å². The molecule has 2 N–H and O–H groups in total. The van der Waals surface area contributed by atoms with Gasteiger partial charge in [-0.1, -0.05) is 12.8 Å². The Morgan fingerprint density at radius 2 is 2.07 bits per heavy atom. The lowest BCUT2D eigenvalue weighted by atomic mass is 10.2. The zero-order chi connectivity index (χ0) is 10.6. The highest BCUT2D eigenvalue weighted by Crippen LogP contribution is 2.33. The summed E-state index contributed by atoms with van der Waals surface area (Å²) in [6, 6.07) is 0. The summed E-state index contributed by atoms with van der Waals surface area (Å²) in [6.45, 7) is 0.353. The summed E-state index contributed by atoms with van der Waals surface area (Å²) in [5, 5.41) is 8.28. The summed E-state index contributed by atoms with van der Waals surface area (Å²) >= 11 is 0. The van der Waals surface area contributed by atoms with Gasteiger partial charge >= 0.3 is 5.97 Å². The highest BCUT2D eigenvalue weighted by atomic mass is 32.2. The van der Waals surface area contributed by atoms with Gasteiger partial charge in [0, 0.05) is 6.54 Å². The van der Waals surface area contributed by atoms with Crippen LogP contribution in [0.1, 0.15) is 25.7 Å². The lowest BCUT2D eigenvalue weighted by molar-refractivity contribution is -0.134. The normalized spacial score (nSPS) is 16.9. The molecule has 1 aliphatic carbocycles. The molecule has 1 aliphatic rings. The van der Waals surface area contributed by atoms with Crippen LogP contribution in [0.2, 0.25) is 0 Å². The topological polar surface area (TPSA) is 83.5 Å². The van der Waals surface area contributed by atoms with Crippen molar-refractivity contribution in [2.45, 2.75) is 25.7 Å². The minimum absolute atomic E-state index is 0.353. The summed E-state index contributed by atoms with van der Waals surface area (Å²) in [5.74, 6) is -1.38. The second kappa shape index (κ2) is 4.75. The molecule has 0 heterocycles. The number of carboxylic acid groups (broad SMARTS) is 1. The Kier molecular flexibility index (Phi) is 3.88. The molecule has 0 aromatic carbocycles. The molecule has 0 atom stereocenters. The van der Waals surface area contributed by atoms with E-state index in [1.54, 1.807) is 0 Å². The molecule has 1 rings (SSSR count). The van der Waals surface area contributed by atoms with Gasteiger partial charge in [-0.05, 0) is 18.8 Å². The second-order valence-electron chi connectivity index (χ2n) is 3.63. The molecule has 6 heteroatoms. The summed E-state index contributed by atoms with van der Waals surface area (Å²) in [5.41, 5.74) is 0. The van der Waals surface area contributed by atoms with Crippen LogP contribution in [-0.2, 0) is 14.8 Å². The zero-order valence-electron chi connectivity index (χ0n) is 7.90. The van der Waals surface area contributed by atoms with Gasteiger partial charge in [0.15, 0.2) is 5.75 Å². The van der Waals surface area contributed by atoms with E-state index in [-0.39, 0.29) is 0 Å². The van der Waals surface area contributed by atoms with Gasteiger partial charge in [-0.3, -0.25) is 4.79 Å². The maximum absolute atomic E-state index is 11.0. The second-order valence-corrected chi connectivity index (χ2v) is 5.44. The average Bonchev–Trinajstić information content (AvgIpc) is 2.78. The Morgan fingerprint density at radius 1 is 1.43 bits per heavy atom. The Labute approximate surface area is 83.6 Å². The Bertz CT molecular complexity index is 294. The molecule has 0 unspecified atom stereocenters. The van der Waals surface area contributed by atoms with Crippen molar-refractivity contribution in [2.75, 3.05) is 12.3 Å². The van der Waals surface area contributed by atoms with Gasteiger partial charge in [0.1, 0.15) is 0 Å². The van der Waals surface area contributed by atoms with Crippen molar-refractivity contribution >= 4 is 16.0 Å². The van der Waals surface area contributed by atoms with E-state index in [4.69, 9.17) is 5.11 Å². The number of aliphatic carboxylic acids is 1. The van der Waals surface area contributed by atoms with E-state index in [2.05, 4.69) is 4.72 Å². The summed E-state index contributed by atoms with van der Waals surface area (Å²) < 4.78 is 24.3. The summed E-state index contributed by atoms with van der Waals surface area (Å²) in [6.07, 6.45) is 4.34. The van der Waals surface area contributed by atoms with Crippen molar-refractivity contribution in [1.82, 2.24) is 4.72 Å². The quantitative estimate of drug-likeness (QED) is 0.601. The van der Waals surface area contributed by atoms with Crippen molar-refractivity contribution in [3.05, 3.63) is 0 Å². The van der Waals surface area contributed by atoms with Crippen LogP contribution < -0.4 is 4.72 Å². The summed E-state index contributed by atoms with van der Waals surface area (Å²) in [4.78, 5) is 10.1. The summed E-state index contributed by atoms with van der Waals surface area (Å²) in [7, 11) is -3.61. The van der Waals surface area contributed by atoms with Crippen LogP contribution in [0.3, 0.4) is 0 Å². The SMILES string of the molecule is O=C(O)CS(=O)(=O)NCCCC1CC1. The first-order valence-corrected chi connectivity index (χ1v) is 6.34. The molecule has 0 spiro atoms. The smallest absolute Gasteiger partial charge is 0.320 e. The first kappa shape index (κ1) is 11.5. The van der Waals surface area contributed by atoms with Crippen LogP contribution in [0, 0.1) is 5.92 Å². The van der Waals surface area contributed by atoms with E-state index in [0.29, 0.717) is 6.54 Å². The van der Waals surface area contributed by atoms with Crippen molar-refractivity contribution in [1.29, 1.82) is 0 Å². The third-order valence-electron chi connectivity index (χ3n) is 2.12. The van der Waals surface area contributed by atoms with Gasteiger partial charge in [0.2, 0.25) is 10.0 Å².